The number of nitrogens with zero attached hydrogens (tertiary/aromatic N) is 2. The highest BCUT2D eigenvalue weighted by molar-refractivity contribution is 5.96. The van der Waals surface area contributed by atoms with Gasteiger partial charge in [0.2, 0.25) is 0 Å². The molecule has 0 bridgehead atoms. The highest BCUT2D eigenvalue weighted by atomic mass is 16.5. The number of aldehydes is 1. The Morgan fingerprint density at radius 2 is 1.95 bits per heavy atom. The zero-order chi connectivity index (χ0) is 14.0. The summed E-state index contributed by atoms with van der Waals surface area (Å²) in [6, 6.07) is 5.84. The van der Waals surface area contributed by atoms with E-state index in [0.717, 1.165) is 16.8 Å². The second kappa shape index (κ2) is 5.06. The van der Waals surface area contributed by atoms with Crippen molar-refractivity contribution in [2.75, 3.05) is 7.11 Å². The van der Waals surface area contributed by atoms with Gasteiger partial charge in [-0.1, -0.05) is 18.2 Å². The Morgan fingerprint density at radius 1 is 1.32 bits per heavy atom. The summed E-state index contributed by atoms with van der Waals surface area (Å²) in [5.74, 6) is -0.618. The summed E-state index contributed by atoms with van der Waals surface area (Å²) < 4.78 is 6.16. The average Bonchev–Trinajstić information content (AvgIpc) is 2.81. The number of aryl methyl sites for hydroxylation is 2. The molecular weight excluding hydrogens is 244 g/mol. The largest absolute Gasteiger partial charge is 0.464 e. The summed E-state index contributed by atoms with van der Waals surface area (Å²) in [5, 5.41) is 4.15. The molecule has 0 aliphatic rings. The lowest BCUT2D eigenvalue weighted by molar-refractivity contribution is 0.0591. The van der Waals surface area contributed by atoms with Gasteiger partial charge in [0, 0.05) is 6.20 Å². The minimum atomic E-state index is -0.618. The maximum Gasteiger partial charge on any atom is 0.359 e. The van der Waals surface area contributed by atoms with Crippen molar-refractivity contribution >= 4 is 12.3 Å². The van der Waals surface area contributed by atoms with Crippen molar-refractivity contribution in [3.8, 4) is 5.69 Å². The summed E-state index contributed by atoms with van der Waals surface area (Å²) in [5.41, 5.74) is 3.13. The van der Waals surface area contributed by atoms with E-state index in [-0.39, 0.29) is 11.3 Å². The lowest BCUT2D eigenvalue weighted by Crippen LogP contribution is -2.07. The molecule has 0 spiro atoms. The molecule has 0 fully saturated rings. The number of esters is 1. The predicted molar refractivity (Wildman–Crippen MR) is 69.8 cm³/mol. The molecule has 0 saturated heterocycles. The number of carbonyl (C=O) groups is 2. The monoisotopic (exact) mass is 258 g/mol. The van der Waals surface area contributed by atoms with Crippen LogP contribution in [0.5, 0.6) is 0 Å². The Labute approximate surface area is 110 Å². The minimum Gasteiger partial charge on any atom is -0.464 e. The second-order valence-electron chi connectivity index (χ2n) is 4.23. The summed E-state index contributed by atoms with van der Waals surface area (Å²) in [6.07, 6.45) is 2.14. The van der Waals surface area contributed by atoms with Crippen LogP contribution in [0.15, 0.2) is 24.4 Å². The number of rotatable bonds is 3. The molecule has 19 heavy (non-hydrogen) atoms. The van der Waals surface area contributed by atoms with Gasteiger partial charge in [0.15, 0.2) is 12.0 Å². The zero-order valence-corrected chi connectivity index (χ0v) is 11.0. The number of carbonyl (C=O) groups excluding carboxylic acids is 2. The molecule has 2 aromatic rings. The van der Waals surface area contributed by atoms with E-state index in [1.165, 1.54) is 13.3 Å². The third-order valence-electron chi connectivity index (χ3n) is 2.92. The summed E-state index contributed by atoms with van der Waals surface area (Å²) in [6.45, 7) is 3.89. The Balaban J connectivity index is 2.61. The smallest absolute Gasteiger partial charge is 0.359 e. The molecule has 0 aliphatic carbocycles. The van der Waals surface area contributed by atoms with E-state index in [9.17, 15) is 9.59 Å². The molecule has 1 aromatic heterocycles. The molecule has 0 aliphatic heterocycles. The van der Waals surface area contributed by atoms with Crippen LogP contribution in [0.2, 0.25) is 0 Å². The first kappa shape index (κ1) is 13.0. The summed E-state index contributed by atoms with van der Waals surface area (Å²) in [7, 11) is 1.26. The van der Waals surface area contributed by atoms with Gasteiger partial charge in [0.05, 0.1) is 18.4 Å². The molecule has 0 atom stereocenters. The fraction of sp³-hybridized carbons (Fsp3) is 0.214. The quantitative estimate of drug-likeness (QED) is 0.624. The predicted octanol–water partition coefficient (Wildman–Crippen LogP) is 2.09. The number of aromatic nitrogens is 2. The van der Waals surface area contributed by atoms with Crippen LogP contribution in [0.1, 0.15) is 32.0 Å². The van der Waals surface area contributed by atoms with Crippen LogP contribution >= 0.6 is 0 Å². The second-order valence-corrected chi connectivity index (χ2v) is 4.23. The van der Waals surface area contributed by atoms with Crippen molar-refractivity contribution in [2.45, 2.75) is 13.8 Å². The van der Waals surface area contributed by atoms with Crippen LogP contribution < -0.4 is 0 Å². The number of benzene rings is 1. The van der Waals surface area contributed by atoms with Gasteiger partial charge >= 0.3 is 5.97 Å². The molecule has 0 radical (unpaired) electrons. The third-order valence-corrected chi connectivity index (χ3v) is 2.92. The molecule has 98 valence electrons. The lowest BCUT2D eigenvalue weighted by atomic mass is 10.1. The normalized spacial score (nSPS) is 10.3. The van der Waals surface area contributed by atoms with Crippen LogP contribution in [0.3, 0.4) is 0 Å². The van der Waals surface area contributed by atoms with Crippen molar-refractivity contribution in [3.05, 3.63) is 46.8 Å². The van der Waals surface area contributed by atoms with Crippen molar-refractivity contribution in [3.63, 3.8) is 0 Å². The van der Waals surface area contributed by atoms with Gasteiger partial charge in [-0.15, -0.1) is 0 Å². The van der Waals surface area contributed by atoms with E-state index in [0.29, 0.717) is 6.29 Å². The fourth-order valence-electron chi connectivity index (χ4n) is 2.01. The molecule has 0 unspecified atom stereocenters. The van der Waals surface area contributed by atoms with Gasteiger partial charge in [-0.25, -0.2) is 9.48 Å². The first-order valence-electron chi connectivity index (χ1n) is 5.78. The van der Waals surface area contributed by atoms with E-state index in [1.807, 2.05) is 32.0 Å². The van der Waals surface area contributed by atoms with Crippen LogP contribution in [-0.4, -0.2) is 29.1 Å². The SMILES string of the molecule is COC(=O)c1nn(-c2c(C)cccc2C)cc1C=O. The zero-order valence-electron chi connectivity index (χ0n) is 11.0. The summed E-state index contributed by atoms with van der Waals surface area (Å²) in [4.78, 5) is 22.6. The number of methoxy groups -OCH3 is 1. The van der Waals surface area contributed by atoms with E-state index in [4.69, 9.17) is 0 Å². The molecule has 0 saturated carbocycles. The molecule has 5 nitrogen and oxygen atoms in total. The number of hydrogen-bond acceptors (Lipinski definition) is 4. The number of ether oxygens (including phenoxy) is 1. The van der Waals surface area contributed by atoms with Crippen LogP contribution in [-0.2, 0) is 4.74 Å². The topological polar surface area (TPSA) is 61.2 Å². The maximum absolute atomic E-state index is 11.6. The number of para-hydroxylation sites is 1. The van der Waals surface area contributed by atoms with Crippen LogP contribution in [0.25, 0.3) is 5.69 Å². The molecule has 0 N–H and O–H groups in total. The van der Waals surface area contributed by atoms with Crippen molar-refractivity contribution in [1.29, 1.82) is 0 Å². The summed E-state index contributed by atoms with van der Waals surface area (Å²) >= 11 is 0. The number of hydrogen-bond donors (Lipinski definition) is 0. The van der Waals surface area contributed by atoms with Gasteiger partial charge in [0.25, 0.3) is 0 Å². The van der Waals surface area contributed by atoms with E-state index in [2.05, 4.69) is 9.84 Å². The highest BCUT2D eigenvalue weighted by Gasteiger charge is 2.18. The molecule has 2 rings (SSSR count). The standard InChI is InChI=1S/C14H14N2O3/c1-9-5-4-6-10(2)13(9)16-7-11(8-17)12(15-16)14(18)19-3/h4-8H,1-3H3. The Hall–Kier alpha value is -2.43. The lowest BCUT2D eigenvalue weighted by Gasteiger charge is -2.08. The average molecular weight is 258 g/mol. The van der Waals surface area contributed by atoms with Gasteiger partial charge in [0.1, 0.15) is 0 Å². The maximum atomic E-state index is 11.6. The van der Waals surface area contributed by atoms with E-state index >= 15 is 0 Å². The third kappa shape index (κ3) is 2.27. The van der Waals surface area contributed by atoms with E-state index < -0.39 is 5.97 Å². The van der Waals surface area contributed by atoms with Crippen LogP contribution in [0.4, 0.5) is 0 Å². The Morgan fingerprint density at radius 3 is 2.47 bits per heavy atom. The van der Waals surface area contributed by atoms with Gasteiger partial charge in [-0.05, 0) is 25.0 Å². The van der Waals surface area contributed by atoms with Crippen LogP contribution in [0, 0.1) is 13.8 Å². The highest BCUT2D eigenvalue weighted by Crippen LogP contribution is 2.19. The molecule has 1 aromatic carbocycles. The Kier molecular flexibility index (Phi) is 3.46. The minimum absolute atomic E-state index is 0.0279. The van der Waals surface area contributed by atoms with Gasteiger partial charge in [-0.2, -0.15) is 5.10 Å². The first-order chi connectivity index (χ1) is 9.08. The van der Waals surface area contributed by atoms with E-state index in [1.54, 1.807) is 4.68 Å². The molecular formula is C14H14N2O3. The fourth-order valence-corrected chi connectivity index (χ4v) is 2.01. The molecule has 0 amide bonds. The van der Waals surface area contributed by atoms with Gasteiger partial charge in [-0.3, -0.25) is 4.79 Å². The Bertz CT molecular complexity index is 624. The van der Waals surface area contributed by atoms with Crippen molar-refractivity contribution in [1.82, 2.24) is 9.78 Å². The van der Waals surface area contributed by atoms with Crippen molar-refractivity contribution < 1.29 is 14.3 Å². The molecule has 5 heteroatoms. The molecule has 1 heterocycles. The van der Waals surface area contributed by atoms with Crippen molar-refractivity contribution in [2.24, 2.45) is 0 Å². The first-order valence-corrected chi connectivity index (χ1v) is 5.78. The van der Waals surface area contributed by atoms with Gasteiger partial charge < -0.3 is 4.74 Å².